The molecule has 6 nitrogen and oxygen atoms in total. The Morgan fingerprint density at radius 2 is 1.75 bits per heavy atom. The molecule has 6 heteroatoms. The van der Waals surface area contributed by atoms with Crippen molar-refractivity contribution >= 4 is 23.4 Å². The summed E-state index contributed by atoms with van der Waals surface area (Å²) in [5.41, 5.74) is 5.37. The van der Waals surface area contributed by atoms with Gasteiger partial charge >= 0.3 is 0 Å². The predicted octanol–water partition coefficient (Wildman–Crippen LogP) is 2.70. The van der Waals surface area contributed by atoms with Crippen molar-refractivity contribution in [2.24, 2.45) is 0 Å². The zero-order valence-electron chi connectivity index (χ0n) is 15.5. The number of rotatable bonds is 6. The van der Waals surface area contributed by atoms with E-state index in [1.807, 2.05) is 30.3 Å². The number of nitrogens with one attached hydrogen (secondary N) is 1. The Bertz CT molecular complexity index is 978. The minimum absolute atomic E-state index is 0.0535. The molecule has 142 valence electrons. The molecular weight excluding hydrogens is 356 g/mol. The fraction of sp³-hybridized carbons (Fsp3) is 0.227. The molecule has 0 spiro atoms. The monoisotopic (exact) mass is 376 g/mol. The molecule has 0 saturated heterocycles. The molecule has 2 aromatic rings. The largest absolute Gasteiger partial charge is 0.384 e. The van der Waals surface area contributed by atoms with Crippen LogP contribution in [0.25, 0.3) is 11.1 Å². The molecule has 1 aliphatic carbocycles. The Morgan fingerprint density at radius 3 is 2.50 bits per heavy atom. The van der Waals surface area contributed by atoms with Gasteiger partial charge in [-0.1, -0.05) is 30.3 Å². The molecule has 0 saturated carbocycles. The molecule has 0 radical (unpaired) electrons. The van der Waals surface area contributed by atoms with Crippen LogP contribution in [0, 0.1) is 0 Å². The van der Waals surface area contributed by atoms with Crippen molar-refractivity contribution in [1.29, 1.82) is 0 Å². The molecule has 1 unspecified atom stereocenters. The van der Waals surface area contributed by atoms with Crippen LogP contribution in [0.3, 0.4) is 0 Å². The van der Waals surface area contributed by atoms with Crippen LogP contribution in [0.5, 0.6) is 0 Å². The highest BCUT2D eigenvalue weighted by atomic mass is 16.5. The number of nitrogens with zero attached hydrogens (tertiary/aromatic N) is 1. The van der Waals surface area contributed by atoms with Crippen LogP contribution in [-0.4, -0.2) is 42.9 Å². The van der Waals surface area contributed by atoms with E-state index in [4.69, 9.17) is 4.74 Å². The molecular formula is C22H20N2O4. The second kappa shape index (κ2) is 7.40. The number of ether oxygens (including phenoxy) is 1. The molecule has 3 amide bonds. The number of amides is 3. The van der Waals surface area contributed by atoms with Crippen molar-refractivity contribution in [3.63, 3.8) is 0 Å². The SMILES string of the molecule is COCC1c2ccccc2-c2ccc(NC(=O)CCN3C(=O)C=CC3=O)cc21. The first-order valence-electron chi connectivity index (χ1n) is 9.14. The van der Waals surface area contributed by atoms with Crippen molar-refractivity contribution in [2.75, 3.05) is 25.6 Å². The van der Waals surface area contributed by atoms with E-state index in [0.717, 1.165) is 16.0 Å². The van der Waals surface area contributed by atoms with E-state index in [9.17, 15) is 14.4 Å². The number of imide groups is 1. The van der Waals surface area contributed by atoms with Crippen LogP contribution in [0.4, 0.5) is 5.69 Å². The quantitative estimate of drug-likeness (QED) is 0.787. The van der Waals surface area contributed by atoms with Crippen LogP contribution in [0.1, 0.15) is 23.5 Å². The number of benzene rings is 2. The van der Waals surface area contributed by atoms with Gasteiger partial charge in [-0.25, -0.2) is 0 Å². The highest BCUT2D eigenvalue weighted by Crippen LogP contribution is 2.45. The van der Waals surface area contributed by atoms with Crippen molar-refractivity contribution in [1.82, 2.24) is 4.90 Å². The van der Waals surface area contributed by atoms with Gasteiger partial charge in [-0.05, 0) is 34.4 Å². The van der Waals surface area contributed by atoms with Crippen molar-refractivity contribution in [2.45, 2.75) is 12.3 Å². The van der Waals surface area contributed by atoms with Crippen molar-refractivity contribution in [3.05, 3.63) is 65.7 Å². The summed E-state index contributed by atoms with van der Waals surface area (Å²) in [5, 5.41) is 2.87. The maximum absolute atomic E-state index is 12.3. The van der Waals surface area contributed by atoms with Gasteiger partial charge in [-0.2, -0.15) is 0 Å². The minimum Gasteiger partial charge on any atom is -0.384 e. The summed E-state index contributed by atoms with van der Waals surface area (Å²) in [6.45, 7) is 0.632. The number of carbonyl (C=O) groups excluding carboxylic acids is 3. The summed E-state index contributed by atoms with van der Waals surface area (Å²) in [5.74, 6) is -0.878. The van der Waals surface area contributed by atoms with Crippen LogP contribution >= 0.6 is 0 Å². The number of fused-ring (bicyclic) bond motifs is 3. The average Bonchev–Trinajstić information content (AvgIpc) is 3.18. The van der Waals surface area contributed by atoms with Crippen LogP contribution in [0.15, 0.2) is 54.6 Å². The summed E-state index contributed by atoms with van der Waals surface area (Å²) in [6.07, 6.45) is 2.49. The van der Waals surface area contributed by atoms with Crippen molar-refractivity contribution in [3.8, 4) is 11.1 Å². The number of anilines is 1. The Hall–Kier alpha value is -3.25. The standard InChI is InChI=1S/C22H20N2O4/c1-28-13-19-16-5-3-2-4-15(16)17-7-6-14(12-18(17)19)23-20(25)10-11-24-21(26)8-9-22(24)27/h2-9,12,19H,10-11,13H2,1H3,(H,23,25). The van der Waals surface area contributed by atoms with Crippen LogP contribution in [-0.2, 0) is 19.1 Å². The maximum Gasteiger partial charge on any atom is 0.253 e. The minimum atomic E-state index is -0.379. The average molecular weight is 376 g/mol. The molecule has 2 aliphatic rings. The maximum atomic E-state index is 12.3. The van der Waals surface area contributed by atoms with Gasteiger partial charge in [0, 0.05) is 43.8 Å². The molecule has 4 rings (SSSR count). The molecule has 28 heavy (non-hydrogen) atoms. The van der Waals surface area contributed by atoms with Gasteiger partial charge in [0.05, 0.1) is 6.61 Å². The first kappa shape index (κ1) is 18.1. The van der Waals surface area contributed by atoms with E-state index < -0.39 is 0 Å². The summed E-state index contributed by atoms with van der Waals surface area (Å²) < 4.78 is 5.41. The molecule has 1 heterocycles. The molecule has 1 N–H and O–H groups in total. The number of hydrogen-bond donors (Lipinski definition) is 1. The van der Waals surface area contributed by atoms with E-state index in [2.05, 4.69) is 17.4 Å². The third-order valence-corrected chi connectivity index (χ3v) is 5.13. The Labute approximate surface area is 162 Å². The van der Waals surface area contributed by atoms with Gasteiger partial charge in [0.15, 0.2) is 0 Å². The molecule has 0 aromatic heterocycles. The first-order valence-corrected chi connectivity index (χ1v) is 9.14. The Morgan fingerprint density at radius 1 is 1.04 bits per heavy atom. The van der Waals surface area contributed by atoms with Gasteiger partial charge in [0.25, 0.3) is 11.8 Å². The van der Waals surface area contributed by atoms with Crippen LogP contribution in [0.2, 0.25) is 0 Å². The number of hydrogen-bond acceptors (Lipinski definition) is 4. The van der Waals surface area contributed by atoms with E-state index in [1.165, 1.54) is 23.3 Å². The number of methoxy groups -OCH3 is 1. The topological polar surface area (TPSA) is 75.7 Å². The third-order valence-electron chi connectivity index (χ3n) is 5.13. The van der Waals surface area contributed by atoms with E-state index in [1.54, 1.807) is 7.11 Å². The smallest absolute Gasteiger partial charge is 0.253 e. The van der Waals surface area contributed by atoms with Crippen molar-refractivity contribution < 1.29 is 19.1 Å². The van der Waals surface area contributed by atoms with E-state index in [0.29, 0.717) is 12.3 Å². The highest BCUT2D eigenvalue weighted by molar-refractivity contribution is 6.13. The second-order valence-corrected chi connectivity index (χ2v) is 6.86. The van der Waals surface area contributed by atoms with Gasteiger partial charge in [0.2, 0.25) is 5.91 Å². The Kier molecular flexibility index (Phi) is 4.79. The van der Waals surface area contributed by atoms with Gasteiger partial charge in [-0.3, -0.25) is 19.3 Å². The molecule has 0 bridgehead atoms. The van der Waals surface area contributed by atoms with Crippen LogP contribution < -0.4 is 5.32 Å². The lowest BCUT2D eigenvalue weighted by Crippen LogP contribution is -2.33. The summed E-state index contributed by atoms with van der Waals surface area (Å²) in [6, 6.07) is 14.1. The van der Waals surface area contributed by atoms with Gasteiger partial charge in [-0.15, -0.1) is 0 Å². The normalized spacial score (nSPS) is 17.0. The van der Waals surface area contributed by atoms with E-state index >= 15 is 0 Å². The lowest BCUT2D eigenvalue weighted by atomic mass is 9.97. The first-order chi connectivity index (χ1) is 13.6. The zero-order chi connectivity index (χ0) is 19.7. The summed E-state index contributed by atoms with van der Waals surface area (Å²) in [7, 11) is 1.68. The number of carbonyl (C=O) groups is 3. The zero-order valence-corrected chi connectivity index (χ0v) is 15.5. The van der Waals surface area contributed by atoms with Gasteiger partial charge in [0.1, 0.15) is 0 Å². The summed E-state index contributed by atoms with van der Waals surface area (Å²) in [4.78, 5) is 36.5. The molecule has 1 atom stereocenters. The fourth-order valence-corrected chi connectivity index (χ4v) is 3.82. The highest BCUT2D eigenvalue weighted by Gasteiger charge is 2.29. The molecule has 2 aromatic carbocycles. The second-order valence-electron chi connectivity index (χ2n) is 6.86. The Balaban J connectivity index is 1.48. The molecule has 0 fully saturated rings. The van der Waals surface area contributed by atoms with Gasteiger partial charge < -0.3 is 10.1 Å². The third kappa shape index (κ3) is 3.23. The fourth-order valence-electron chi connectivity index (χ4n) is 3.82. The summed E-state index contributed by atoms with van der Waals surface area (Å²) >= 11 is 0. The van der Waals surface area contributed by atoms with E-state index in [-0.39, 0.29) is 36.6 Å². The lowest BCUT2D eigenvalue weighted by Gasteiger charge is -2.15. The predicted molar refractivity (Wildman–Crippen MR) is 105 cm³/mol. The molecule has 1 aliphatic heterocycles. The lowest BCUT2D eigenvalue weighted by molar-refractivity contribution is -0.137.